The van der Waals surface area contributed by atoms with Crippen molar-refractivity contribution in [2.24, 2.45) is 4.99 Å². The summed E-state index contributed by atoms with van der Waals surface area (Å²) in [4.78, 5) is 6.71. The molecule has 0 N–H and O–H groups in total. The minimum absolute atomic E-state index is 0.108. The fraction of sp³-hybridized carbons (Fsp3) is 0.533. The summed E-state index contributed by atoms with van der Waals surface area (Å²) in [6.45, 7) is 1.40. The number of nitrogens with zero attached hydrogens (tertiary/aromatic N) is 2. The summed E-state index contributed by atoms with van der Waals surface area (Å²) >= 11 is 0. The van der Waals surface area contributed by atoms with Crippen molar-refractivity contribution in [1.82, 2.24) is 4.90 Å². The fourth-order valence-corrected chi connectivity index (χ4v) is 2.95. The molecule has 2 aliphatic rings. The molecule has 3 rings (SSSR count). The number of aliphatic imine (C=N–C) groups is 1. The van der Waals surface area contributed by atoms with Crippen molar-refractivity contribution >= 4 is 6.02 Å². The van der Waals surface area contributed by atoms with Crippen molar-refractivity contribution in [2.45, 2.75) is 31.4 Å². The lowest BCUT2D eigenvalue weighted by Gasteiger charge is -2.30. The van der Waals surface area contributed by atoms with E-state index in [0.29, 0.717) is 12.8 Å². The Morgan fingerprint density at radius 2 is 2.16 bits per heavy atom. The standard InChI is InChI=1S/C15H20N2O2/c1-18-11-16-15-17-10-6-5-9-13(17)14(19-15)12-7-3-2-4-8-12/h2-4,7-8,13-14H,5-6,9-11H2,1H3/b16-15-/t13-,14+/m1/s1. The Bertz CT molecular complexity index is 447. The molecule has 1 aromatic rings. The first-order chi connectivity index (χ1) is 9.40. The molecule has 0 aliphatic carbocycles. The van der Waals surface area contributed by atoms with Crippen LogP contribution in [0.3, 0.4) is 0 Å². The van der Waals surface area contributed by atoms with E-state index < -0.39 is 0 Å². The van der Waals surface area contributed by atoms with Gasteiger partial charge in [-0.15, -0.1) is 0 Å². The van der Waals surface area contributed by atoms with Gasteiger partial charge >= 0.3 is 0 Å². The lowest BCUT2D eigenvalue weighted by atomic mass is 9.94. The van der Waals surface area contributed by atoms with Crippen LogP contribution in [-0.2, 0) is 9.47 Å². The zero-order valence-corrected chi connectivity index (χ0v) is 11.3. The topological polar surface area (TPSA) is 34.1 Å². The van der Waals surface area contributed by atoms with Crippen molar-refractivity contribution in [3.8, 4) is 0 Å². The molecule has 0 spiro atoms. The van der Waals surface area contributed by atoms with Crippen LogP contribution >= 0.6 is 0 Å². The zero-order chi connectivity index (χ0) is 13.1. The van der Waals surface area contributed by atoms with Gasteiger partial charge in [-0.05, 0) is 24.8 Å². The van der Waals surface area contributed by atoms with Crippen LogP contribution in [-0.4, -0.2) is 37.3 Å². The van der Waals surface area contributed by atoms with Gasteiger partial charge in [0.2, 0.25) is 0 Å². The second kappa shape index (κ2) is 5.61. The third-order valence-corrected chi connectivity index (χ3v) is 3.83. The second-order valence-corrected chi connectivity index (χ2v) is 5.06. The highest BCUT2D eigenvalue weighted by molar-refractivity contribution is 5.77. The maximum absolute atomic E-state index is 6.09. The molecule has 2 aliphatic heterocycles. The van der Waals surface area contributed by atoms with Crippen molar-refractivity contribution in [3.63, 3.8) is 0 Å². The highest BCUT2D eigenvalue weighted by atomic mass is 16.5. The highest BCUT2D eigenvalue weighted by Crippen LogP contribution is 2.37. The van der Waals surface area contributed by atoms with Gasteiger partial charge in [-0.1, -0.05) is 30.3 Å². The SMILES string of the molecule is COC/N=C1\O[C@@H](c2ccccc2)[C@H]2CCCCN12. The molecule has 2 fully saturated rings. The Kier molecular flexibility index (Phi) is 3.69. The van der Waals surface area contributed by atoms with E-state index in [2.05, 4.69) is 34.2 Å². The predicted molar refractivity (Wildman–Crippen MR) is 73.9 cm³/mol. The molecule has 0 radical (unpaired) electrons. The van der Waals surface area contributed by atoms with Crippen LogP contribution in [0.15, 0.2) is 35.3 Å². The van der Waals surface area contributed by atoms with Crippen molar-refractivity contribution in [2.75, 3.05) is 20.4 Å². The summed E-state index contributed by atoms with van der Waals surface area (Å²) in [5.41, 5.74) is 1.24. The molecule has 19 heavy (non-hydrogen) atoms. The monoisotopic (exact) mass is 260 g/mol. The summed E-state index contributed by atoms with van der Waals surface area (Å²) in [6.07, 6.45) is 3.77. The molecule has 0 saturated carbocycles. The molecule has 2 heterocycles. The molecular weight excluding hydrogens is 240 g/mol. The molecule has 0 aromatic heterocycles. The molecule has 2 atom stereocenters. The van der Waals surface area contributed by atoms with Crippen LogP contribution in [0.25, 0.3) is 0 Å². The van der Waals surface area contributed by atoms with Crippen LogP contribution in [0.2, 0.25) is 0 Å². The van der Waals surface area contributed by atoms with Crippen LogP contribution in [0, 0.1) is 0 Å². The first-order valence-electron chi connectivity index (χ1n) is 6.92. The largest absolute Gasteiger partial charge is 0.455 e. The Morgan fingerprint density at radius 3 is 2.95 bits per heavy atom. The predicted octanol–water partition coefficient (Wildman–Crippen LogP) is 2.57. The summed E-state index contributed by atoms with van der Waals surface area (Å²) in [5.74, 6) is 0. The number of fused-ring (bicyclic) bond motifs is 1. The number of amidine groups is 1. The lowest BCUT2D eigenvalue weighted by Crippen LogP contribution is -2.39. The number of methoxy groups -OCH3 is 1. The van der Waals surface area contributed by atoms with Crippen molar-refractivity contribution < 1.29 is 9.47 Å². The third kappa shape index (κ3) is 2.45. The molecule has 0 amide bonds. The van der Waals surface area contributed by atoms with Gasteiger partial charge in [0.15, 0.2) is 0 Å². The van der Waals surface area contributed by atoms with Crippen LogP contribution in [0.4, 0.5) is 0 Å². The van der Waals surface area contributed by atoms with E-state index in [1.165, 1.54) is 24.8 Å². The maximum Gasteiger partial charge on any atom is 0.290 e. The van der Waals surface area contributed by atoms with E-state index in [-0.39, 0.29) is 6.10 Å². The smallest absolute Gasteiger partial charge is 0.290 e. The Balaban J connectivity index is 1.85. The number of hydrogen-bond acceptors (Lipinski definition) is 3. The maximum atomic E-state index is 6.09. The van der Waals surface area contributed by atoms with Gasteiger partial charge in [-0.2, -0.15) is 0 Å². The van der Waals surface area contributed by atoms with Gasteiger partial charge in [-0.3, -0.25) is 0 Å². The Hall–Kier alpha value is -1.55. The highest BCUT2D eigenvalue weighted by Gasteiger charge is 2.41. The van der Waals surface area contributed by atoms with Crippen LogP contribution < -0.4 is 0 Å². The van der Waals surface area contributed by atoms with Gasteiger partial charge in [0, 0.05) is 13.7 Å². The molecule has 0 bridgehead atoms. The summed E-state index contributed by atoms with van der Waals surface area (Å²) < 4.78 is 11.1. The Morgan fingerprint density at radius 1 is 1.32 bits per heavy atom. The summed E-state index contributed by atoms with van der Waals surface area (Å²) in [5, 5.41) is 0. The molecule has 4 nitrogen and oxygen atoms in total. The normalized spacial score (nSPS) is 28.3. The number of hydrogen-bond donors (Lipinski definition) is 0. The van der Waals surface area contributed by atoms with Crippen LogP contribution in [0.1, 0.15) is 30.9 Å². The minimum atomic E-state index is 0.108. The van der Waals surface area contributed by atoms with Crippen molar-refractivity contribution in [3.05, 3.63) is 35.9 Å². The van der Waals surface area contributed by atoms with E-state index in [0.717, 1.165) is 12.6 Å². The molecule has 2 saturated heterocycles. The first kappa shape index (κ1) is 12.5. The minimum Gasteiger partial charge on any atom is -0.455 e. The zero-order valence-electron chi connectivity index (χ0n) is 11.3. The van der Waals surface area contributed by atoms with E-state index in [1.807, 2.05) is 6.07 Å². The van der Waals surface area contributed by atoms with Crippen molar-refractivity contribution in [1.29, 1.82) is 0 Å². The van der Waals surface area contributed by atoms with Gasteiger partial charge in [-0.25, -0.2) is 4.99 Å². The second-order valence-electron chi connectivity index (χ2n) is 5.06. The molecule has 4 heteroatoms. The van der Waals surface area contributed by atoms with Gasteiger partial charge in [0.25, 0.3) is 6.02 Å². The summed E-state index contributed by atoms with van der Waals surface area (Å²) in [6, 6.07) is 11.6. The molecule has 1 aromatic carbocycles. The number of ether oxygens (including phenoxy) is 2. The first-order valence-corrected chi connectivity index (χ1v) is 6.92. The van der Waals surface area contributed by atoms with E-state index in [9.17, 15) is 0 Å². The average molecular weight is 260 g/mol. The number of piperidine rings is 1. The molecule has 102 valence electrons. The molecule has 0 unspecified atom stereocenters. The third-order valence-electron chi connectivity index (χ3n) is 3.83. The quantitative estimate of drug-likeness (QED) is 0.837. The van der Waals surface area contributed by atoms with Gasteiger partial charge in [0.05, 0.1) is 6.04 Å². The van der Waals surface area contributed by atoms with Gasteiger partial charge in [0.1, 0.15) is 12.8 Å². The van der Waals surface area contributed by atoms with E-state index in [1.54, 1.807) is 7.11 Å². The Labute approximate surface area is 114 Å². The average Bonchev–Trinajstić information content (AvgIpc) is 2.85. The number of rotatable bonds is 3. The fourth-order valence-electron chi connectivity index (χ4n) is 2.95. The number of benzene rings is 1. The lowest BCUT2D eigenvalue weighted by molar-refractivity contribution is 0.166. The van der Waals surface area contributed by atoms with E-state index in [4.69, 9.17) is 9.47 Å². The molecular formula is C15H20N2O2. The van der Waals surface area contributed by atoms with E-state index >= 15 is 0 Å². The summed E-state index contributed by atoms with van der Waals surface area (Å²) in [7, 11) is 1.65. The van der Waals surface area contributed by atoms with Crippen LogP contribution in [0.5, 0.6) is 0 Å². The van der Waals surface area contributed by atoms with Gasteiger partial charge < -0.3 is 14.4 Å².